The molecular formula is C15H21N3O2. The summed E-state index contributed by atoms with van der Waals surface area (Å²) < 4.78 is 5.35. The van der Waals surface area contributed by atoms with E-state index in [9.17, 15) is 4.79 Å². The molecule has 0 aromatic carbocycles. The molecule has 1 amide bonds. The predicted molar refractivity (Wildman–Crippen MR) is 76.6 cm³/mol. The van der Waals surface area contributed by atoms with Crippen molar-refractivity contribution in [2.24, 2.45) is 5.92 Å². The Labute approximate surface area is 119 Å². The molecule has 1 unspecified atom stereocenters. The van der Waals surface area contributed by atoms with Crippen LogP contribution < -0.4 is 4.90 Å². The highest BCUT2D eigenvalue weighted by Gasteiger charge is 2.31. The first kappa shape index (κ1) is 13.5. The number of hydrogen-bond acceptors (Lipinski definition) is 4. The highest BCUT2D eigenvalue weighted by molar-refractivity contribution is 5.96. The van der Waals surface area contributed by atoms with Crippen LogP contribution in [-0.4, -0.2) is 49.1 Å². The minimum Gasteiger partial charge on any atom is -0.381 e. The third-order valence-corrected chi connectivity index (χ3v) is 4.05. The van der Waals surface area contributed by atoms with Crippen molar-refractivity contribution in [3.05, 3.63) is 23.5 Å². The number of likely N-dealkylation sites (N-methyl/N-ethyl adjacent to an activating group) is 1. The van der Waals surface area contributed by atoms with Crippen molar-refractivity contribution in [2.45, 2.75) is 19.9 Å². The third-order valence-electron chi connectivity index (χ3n) is 4.05. The number of hydrogen-bond donors (Lipinski definition) is 0. The van der Waals surface area contributed by atoms with Crippen LogP contribution in [-0.2, 0) is 16.1 Å². The van der Waals surface area contributed by atoms with Gasteiger partial charge in [0.2, 0.25) is 5.91 Å². The molecule has 2 aliphatic heterocycles. The summed E-state index contributed by atoms with van der Waals surface area (Å²) in [7, 11) is 2.07. The maximum atomic E-state index is 12.7. The molecule has 5 nitrogen and oxygen atoms in total. The predicted octanol–water partition coefficient (Wildman–Crippen LogP) is 1.20. The molecule has 2 aliphatic rings. The fraction of sp³-hybridized carbons (Fsp3) is 0.600. The number of pyridine rings is 1. The van der Waals surface area contributed by atoms with Crippen LogP contribution in [0.4, 0.5) is 5.69 Å². The van der Waals surface area contributed by atoms with Crippen molar-refractivity contribution in [2.75, 3.05) is 38.3 Å². The van der Waals surface area contributed by atoms with Gasteiger partial charge in [0.05, 0.1) is 23.9 Å². The van der Waals surface area contributed by atoms with Crippen LogP contribution in [0, 0.1) is 12.8 Å². The van der Waals surface area contributed by atoms with E-state index in [-0.39, 0.29) is 11.8 Å². The van der Waals surface area contributed by atoms with Gasteiger partial charge in [-0.3, -0.25) is 14.7 Å². The highest BCUT2D eigenvalue weighted by Crippen LogP contribution is 2.27. The number of fused-ring (bicyclic) bond motifs is 1. The molecule has 20 heavy (non-hydrogen) atoms. The number of amides is 1. The van der Waals surface area contributed by atoms with Crippen molar-refractivity contribution in [3.63, 3.8) is 0 Å². The topological polar surface area (TPSA) is 45.7 Å². The summed E-state index contributed by atoms with van der Waals surface area (Å²) in [4.78, 5) is 21.4. The number of aromatic nitrogens is 1. The summed E-state index contributed by atoms with van der Waals surface area (Å²) in [6.07, 6.45) is 0.833. The second kappa shape index (κ2) is 5.50. The summed E-state index contributed by atoms with van der Waals surface area (Å²) in [5, 5.41) is 0. The van der Waals surface area contributed by atoms with E-state index in [4.69, 9.17) is 4.74 Å². The molecule has 1 saturated heterocycles. The minimum absolute atomic E-state index is 0.00700. The van der Waals surface area contributed by atoms with Gasteiger partial charge >= 0.3 is 0 Å². The molecule has 0 aliphatic carbocycles. The number of carbonyl (C=O) groups excluding carboxylic acids is 1. The van der Waals surface area contributed by atoms with Gasteiger partial charge in [0.15, 0.2) is 0 Å². The van der Waals surface area contributed by atoms with E-state index in [0.29, 0.717) is 13.2 Å². The Morgan fingerprint density at radius 2 is 2.25 bits per heavy atom. The zero-order valence-corrected chi connectivity index (χ0v) is 12.1. The molecule has 0 bridgehead atoms. The zero-order chi connectivity index (χ0) is 14.1. The lowest BCUT2D eigenvalue weighted by atomic mass is 10.1. The first-order valence-electron chi connectivity index (χ1n) is 7.19. The van der Waals surface area contributed by atoms with Gasteiger partial charge in [0.25, 0.3) is 0 Å². The molecule has 1 aromatic heterocycles. The standard InChI is InChI=1S/C15H21N3O2/c1-11-3-4-14-13(16-11)9-17(2)6-7-18(14)15(19)12-5-8-20-10-12/h3-4,12H,5-10H2,1-2H3. The third kappa shape index (κ3) is 2.55. The van der Waals surface area contributed by atoms with Crippen LogP contribution in [0.25, 0.3) is 0 Å². The molecular weight excluding hydrogens is 254 g/mol. The van der Waals surface area contributed by atoms with Gasteiger partial charge in [-0.25, -0.2) is 0 Å². The number of anilines is 1. The Hall–Kier alpha value is -1.46. The summed E-state index contributed by atoms with van der Waals surface area (Å²) >= 11 is 0. The van der Waals surface area contributed by atoms with Gasteiger partial charge in [0, 0.05) is 31.9 Å². The van der Waals surface area contributed by atoms with Crippen molar-refractivity contribution in [1.82, 2.24) is 9.88 Å². The lowest BCUT2D eigenvalue weighted by molar-refractivity contribution is -0.122. The van der Waals surface area contributed by atoms with Crippen LogP contribution in [0.2, 0.25) is 0 Å². The Kier molecular flexibility index (Phi) is 3.72. The van der Waals surface area contributed by atoms with E-state index >= 15 is 0 Å². The van der Waals surface area contributed by atoms with Crippen LogP contribution in [0.15, 0.2) is 12.1 Å². The Balaban J connectivity index is 1.93. The second-order valence-corrected chi connectivity index (χ2v) is 5.71. The normalized spacial score (nSPS) is 23.5. The molecule has 1 aromatic rings. The van der Waals surface area contributed by atoms with Gasteiger partial charge in [-0.05, 0) is 32.5 Å². The molecule has 0 N–H and O–H groups in total. The van der Waals surface area contributed by atoms with E-state index < -0.39 is 0 Å². The Morgan fingerprint density at radius 3 is 3.00 bits per heavy atom. The molecule has 3 heterocycles. The average molecular weight is 275 g/mol. The van der Waals surface area contributed by atoms with Crippen LogP contribution in [0.3, 0.4) is 0 Å². The number of carbonyl (C=O) groups is 1. The van der Waals surface area contributed by atoms with Crippen molar-refractivity contribution in [1.29, 1.82) is 0 Å². The molecule has 1 fully saturated rings. The molecule has 5 heteroatoms. The van der Waals surface area contributed by atoms with Gasteiger partial charge in [-0.15, -0.1) is 0 Å². The fourth-order valence-corrected chi connectivity index (χ4v) is 2.87. The van der Waals surface area contributed by atoms with Crippen molar-refractivity contribution >= 4 is 11.6 Å². The first-order chi connectivity index (χ1) is 9.65. The summed E-state index contributed by atoms with van der Waals surface area (Å²) in [5.74, 6) is 0.192. The SMILES string of the molecule is Cc1ccc2c(n1)CN(C)CCN2C(=O)C1CCOC1. The lowest BCUT2D eigenvalue weighted by Gasteiger charge is -2.25. The highest BCUT2D eigenvalue weighted by atomic mass is 16.5. The number of ether oxygens (including phenoxy) is 1. The second-order valence-electron chi connectivity index (χ2n) is 5.71. The van der Waals surface area contributed by atoms with E-state index in [2.05, 4.69) is 16.9 Å². The van der Waals surface area contributed by atoms with Gasteiger partial charge < -0.3 is 9.64 Å². The van der Waals surface area contributed by atoms with E-state index in [1.54, 1.807) is 0 Å². The van der Waals surface area contributed by atoms with Gasteiger partial charge in [0.1, 0.15) is 0 Å². The van der Waals surface area contributed by atoms with E-state index in [1.807, 2.05) is 24.0 Å². The minimum atomic E-state index is 0.00700. The lowest BCUT2D eigenvalue weighted by Crippen LogP contribution is -2.39. The Bertz CT molecular complexity index is 512. The first-order valence-corrected chi connectivity index (χ1v) is 7.19. The fourth-order valence-electron chi connectivity index (χ4n) is 2.87. The summed E-state index contributed by atoms with van der Waals surface area (Å²) in [6, 6.07) is 4.01. The zero-order valence-electron chi connectivity index (χ0n) is 12.1. The Morgan fingerprint density at radius 1 is 1.40 bits per heavy atom. The van der Waals surface area contributed by atoms with Crippen molar-refractivity contribution < 1.29 is 9.53 Å². The van der Waals surface area contributed by atoms with Gasteiger partial charge in [-0.2, -0.15) is 0 Å². The molecule has 1 atom stereocenters. The van der Waals surface area contributed by atoms with Crippen molar-refractivity contribution in [3.8, 4) is 0 Å². The van der Waals surface area contributed by atoms with Crippen LogP contribution >= 0.6 is 0 Å². The molecule has 3 rings (SSSR count). The summed E-state index contributed by atoms with van der Waals surface area (Å²) in [6.45, 7) is 5.63. The van der Waals surface area contributed by atoms with E-state index in [1.165, 1.54) is 0 Å². The summed E-state index contributed by atoms with van der Waals surface area (Å²) in [5.41, 5.74) is 2.96. The maximum absolute atomic E-state index is 12.7. The van der Waals surface area contributed by atoms with Crippen LogP contribution in [0.1, 0.15) is 17.8 Å². The monoisotopic (exact) mass is 275 g/mol. The van der Waals surface area contributed by atoms with Crippen LogP contribution in [0.5, 0.6) is 0 Å². The number of rotatable bonds is 1. The number of nitrogens with zero attached hydrogens (tertiary/aromatic N) is 3. The molecule has 0 spiro atoms. The maximum Gasteiger partial charge on any atom is 0.232 e. The smallest absolute Gasteiger partial charge is 0.232 e. The van der Waals surface area contributed by atoms with Gasteiger partial charge in [-0.1, -0.05) is 0 Å². The average Bonchev–Trinajstić information content (AvgIpc) is 2.89. The van der Waals surface area contributed by atoms with E-state index in [0.717, 1.165) is 43.1 Å². The quantitative estimate of drug-likeness (QED) is 0.773. The molecule has 108 valence electrons. The molecule has 0 radical (unpaired) electrons. The largest absolute Gasteiger partial charge is 0.381 e. The number of aryl methyl sites for hydroxylation is 1. The molecule has 0 saturated carbocycles.